The van der Waals surface area contributed by atoms with Gasteiger partial charge in [0.25, 0.3) is 0 Å². The molecular formula is C23H48O3SiSn. The van der Waals surface area contributed by atoms with Gasteiger partial charge in [-0.2, -0.15) is 0 Å². The molecule has 0 heterocycles. The summed E-state index contributed by atoms with van der Waals surface area (Å²) in [6, 6.07) is 0. The Bertz CT molecular complexity index is 459. The summed E-state index contributed by atoms with van der Waals surface area (Å²) in [5.41, 5.74) is 0. The Balaban J connectivity index is 5.87. The minimum absolute atomic E-state index is 0.0714. The number of esters is 1. The minimum atomic E-state index is -2.82. The molecule has 0 aromatic carbocycles. The SMILES string of the molecule is CCC[CH2][Sn]([CH2]CCC)([CH2]CCC)/[C](=C/CO[Si](C)(C)C(C)(C)C)C(=O)OC. The Hall–Kier alpha value is 0.186. The van der Waals surface area contributed by atoms with Crippen LogP contribution in [-0.2, 0) is 14.0 Å². The molecule has 0 aromatic rings. The third kappa shape index (κ3) is 8.91. The number of carbonyl (C=O) groups excluding carboxylic acids is 1. The van der Waals surface area contributed by atoms with Gasteiger partial charge in [0, 0.05) is 0 Å². The van der Waals surface area contributed by atoms with Crippen molar-refractivity contribution in [3.63, 3.8) is 0 Å². The van der Waals surface area contributed by atoms with E-state index in [1.54, 1.807) is 7.11 Å². The number of hydrogen-bond donors (Lipinski definition) is 0. The molecule has 0 saturated carbocycles. The summed E-state index contributed by atoms with van der Waals surface area (Å²) in [7, 11) is -0.283. The van der Waals surface area contributed by atoms with Crippen LogP contribution in [0.4, 0.5) is 0 Å². The van der Waals surface area contributed by atoms with Crippen LogP contribution in [-0.4, -0.2) is 46.4 Å². The van der Waals surface area contributed by atoms with Crippen LogP contribution in [0.25, 0.3) is 0 Å². The quantitative estimate of drug-likeness (QED) is 0.136. The summed E-state index contributed by atoms with van der Waals surface area (Å²) in [6.07, 6.45) is 9.47. The fourth-order valence-corrected chi connectivity index (χ4v) is 20.7. The molecule has 0 unspecified atom stereocenters. The summed E-state index contributed by atoms with van der Waals surface area (Å²) in [6.45, 7) is 18.7. The van der Waals surface area contributed by atoms with Crippen molar-refractivity contribution in [1.82, 2.24) is 0 Å². The number of methoxy groups -OCH3 is 1. The summed E-state index contributed by atoms with van der Waals surface area (Å²) in [4.78, 5) is 12.9. The van der Waals surface area contributed by atoms with Gasteiger partial charge in [-0.25, -0.2) is 0 Å². The van der Waals surface area contributed by atoms with Crippen LogP contribution in [0.15, 0.2) is 9.67 Å². The summed E-state index contributed by atoms with van der Waals surface area (Å²) in [5.74, 6) is -0.0714. The number of rotatable bonds is 14. The average Bonchev–Trinajstić information content (AvgIpc) is 2.63. The van der Waals surface area contributed by atoms with E-state index in [1.807, 2.05) is 0 Å². The molecule has 28 heavy (non-hydrogen) atoms. The Morgan fingerprint density at radius 2 is 1.36 bits per heavy atom. The van der Waals surface area contributed by atoms with E-state index < -0.39 is 26.7 Å². The molecule has 0 aromatic heterocycles. The molecular weight excluding hydrogens is 471 g/mol. The molecule has 0 aliphatic rings. The van der Waals surface area contributed by atoms with Crippen molar-refractivity contribution in [3.05, 3.63) is 9.67 Å². The molecule has 3 nitrogen and oxygen atoms in total. The van der Waals surface area contributed by atoms with E-state index in [0.29, 0.717) is 6.61 Å². The zero-order chi connectivity index (χ0) is 21.8. The van der Waals surface area contributed by atoms with E-state index in [2.05, 4.69) is 60.7 Å². The summed E-state index contributed by atoms with van der Waals surface area (Å²) < 4.78 is 16.6. The van der Waals surface area contributed by atoms with Crippen LogP contribution in [0.1, 0.15) is 80.1 Å². The van der Waals surface area contributed by atoms with E-state index in [4.69, 9.17) is 9.16 Å². The molecule has 0 saturated heterocycles. The molecule has 0 rings (SSSR count). The number of carbonyl (C=O) groups is 1. The maximum atomic E-state index is 12.9. The van der Waals surface area contributed by atoms with Crippen LogP contribution >= 0.6 is 0 Å². The molecule has 0 atom stereocenters. The molecule has 5 heteroatoms. The first-order valence-electron chi connectivity index (χ1n) is 11.4. The van der Waals surface area contributed by atoms with Crippen molar-refractivity contribution in [1.29, 1.82) is 0 Å². The molecule has 0 aliphatic carbocycles. The van der Waals surface area contributed by atoms with Gasteiger partial charge >= 0.3 is 182 Å². The van der Waals surface area contributed by atoms with Crippen LogP contribution in [0, 0.1) is 0 Å². The van der Waals surface area contributed by atoms with Crippen molar-refractivity contribution < 1.29 is 14.0 Å². The zero-order valence-corrected chi connectivity index (χ0v) is 24.2. The fourth-order valence-electron chi connectivity index (χ4n) is 3.50. The van der Waals surface area contributed by atoms with Gasteiger partial charge in [-0.3, -0.25) is 0 Å². The van der Waals surface area contributed by atoms with E-state index in [-0.39, 0.29) is 11.0 Å². The predicted octanol–water partition coefficient (Wildman–Crippen LogP) is 7.50. The Labute approximate surface area is 181 Å². The maximum absolute atomic E-state index is 12.9. The van der Waals surface area contributed by atoms with E-state index in [0.717, 1.165) is 3.59 Å². The summed E-state index contributed by atoms with van der Waals surface area (Å²) in [5, 5.41) is 0.180. The second kappa shape index (κ2) is 13.5. The van der Waals surface area contributed by atoms with Gasteiger partial charge in [0.1, 0.15) is 0 Å². The van der Waals surface area contributed by atoms with Crippen molar-refractivity contribution in [2.45, 2.75) is 112 Å². The van der Waals surface area contributed by atoms with Gasteiger partial charge in [-0.05, 0) is 0 Å². The zero-order valence-electron chi connectivity index (χ0n) is 20.4. The first-order valence-corrected chi connectivity index (χ1v) is 21.8. The van der Waals surface area contributed by atoms with Gasteiger partial charge in [0.05, 0.1) is 0 Å². The third-order valence-electron chi connectivity index (χ3n) is 6.54. The van der Waals surface area contributed by atoms with Crippen LogP contribution in [0.5, 0.6) is 0 Å². The van der Waals surface area contributed by atoms with Crippen molar-refractivity contribution in [3.8, 4) is 0 Å². The van der Waals surface area contributed by atoms with E-state index in [1.165, 1.54) is 51.8 Å². The first kappa shape index (κ1) is 28.2. The van der Waals surface area contributed by atoms with Gasteiger partial charge in [0.15, 0.2) is 0 Å². The molecule has 0 radical (unpaired) electrons. The first-order chi connectivity index (χ1) is 13.0. The number of ether oxygens (including phenoxy) is 1. The molecule has 0 N–H and O–H groups in total. The second-order valence-electron chi connectivity index (χ2n) is 9.77. The average molecular weight is 519 g/mol. The number of unbranched alkanes of at least 4 members (excludes halogenated alkanes) is 3. The van der Waals surface area contributed by atoms with Gasteiger partial charge in [-0.1, -0.05) is 0 Å². The predicted molar refractivity (Wildman–Crippen MR) is 128 cm³/mol. The second-order valence-corrected chi connectivity index (χ2v) is 27.7. The molecule has 0 amide bonds. The third-order valence-corrected chi connectivity index (χ3v) is 26.7. The standard InChI is InChI=1S/C11H21O3Si.3C4H9.Sn/c1-11(2,3)15(5,6)14-9-7-8-10(12)13-4;3*1-3-4-2;/h7H,9H2,1-6H3;3*1,3-4H2,2H3;. The Morgan fingerprint density at radius 3 is 1.68 bits per heavy atom. The summed E-state index contributed by atoms with van der Waals surface area (Å²) >= 11 is -2.82. The molecule has 0 fully saturated rings. The van der Waals surface area contributed by atoms with E-state index in [9.17, 15) is 4.79 Å². The molecule has 0 bridgehead atoms. The van der Waals surface area contributed by atoms with Crippen LogP contribution < -0.4 is 0 Å². The van der Waals surface area contributed by atoms with Crippen molar-refractivity contribution >= 4 is 32.7 Å². The van der Waals surface area contributed by atoms with Crippen LogP contribution in [0.2, 0.25) is 31.4 Å². The van der Waals surface area contributed by atoms with Gasteiger partial charge in [0.2, 0.25) is 0 Å². The van der Waals surface area contributed by atoms with Crippen molar-refractivity contribution in [2.75, 3.05) is 13.7 Å². The van der Waals surface area contributed by atoms with E-state index >= 15 is 0 Å². The molecule has 0 spiro atoms. The number of hydrogen-bond acceptors (Lipinski definition) is 3. The Morgan fingerprint density at radius 1 is 0.929 bits per heavy atom. The van der Waals surface area contributed by atoms with Gasteiger partial charge in [-0.15, -0.1) is 0 Å². The fraction of sp³-hybridized carbons (Fsp3) is 0.870. The molecule has 0 aliphatic heterocycles. The normalized spacial score (nSPS) is 13.7. The van der Waals surface area contributed by atoms with Gasteiger partial charge < -0.3 is 0 Å². The van der Waals surface area contributed by atoms with Crippen molar-refractivity contribution in [2.24, 2.45) is 0 Å². The topological polar surface area (TPSA) is 35.5 Å². The molecule has 166 valence electrons. The monoisotopic (exact) mass is 520 g/mol. The van der Waals surface area contributed by atoms with Crippen LogP contribution in [0.3, 0.4) is 0 Å². The Kier molecular flexibility index (Phi) is 13.6.